The molecule has 2 rings (SSSR count). The lowest BCUT2D eigenvalue weighted by atomic mass is 10.2. The molecule has 0 aromatic heterocycles. The van der Waals surface area contributed by atoms with Crippen LogP contribution in [0.5, 0.6) is 11.5 Å². The Labute approximate surface area is 152 Å². The third-order valence-corrected chi connectivity index (χ3v) is 3.59. The van der Waals surface area contributed by atoms with Crippen LogP contribution >= 0.6 is 0 Å². The average molecular weight is 364 g/mol. The van der Waals surface area contributed by atoms with E-state index in [1.54, 1.807) is 25.1 Å². The molecule has 1 unspecified atom stereocenters. The largest absolute Gasteiger partial charge is 0.454 e. The molecule has 1 aromatic rings. The van der Waals surface area contributed by atoms with E-state index in [2.05, 4.69) is 10.6 Å². The molecule has 1 aliphatic rings. The fraction of sp³-hybridized carbons (Fsp3) is 0.444. The van der Waals surface area contributed by atoms with E-state index in [1.165, 1.54) is 6.08 Å². The van der Waals surface area contributed by atoms with Gasteiger partial charge < -0.3 is 30.0 Å². The Morgan fingerprint density at radius 1 is 1.27 bits per heavy atom. The summed E-state index contributed by atoms with van der Waals surface area (Å²) in [5.74, 6) is 1.14. The minimum atomic E-state index is -0.528. The van der Waals surface area contributed by atoms with Crippen LogP contribution in [0.25, 0.3) is 6.08 Å². The van der Waals surface area contributed by atoms with Crippen LogP contribution in [-0.4, -0.2) is 49.7 Å². The highest BCUT2D eigenvalue weighted by Gasteiger charge is 2.12. The maximum Gasteiger partial charge on any atom is 0.407 e. The highest BCUT2D eigenvalue weighted by molar-refractivity contribution is 5.91. The first-order chi connectivity index (χ1) is 12.6. The SMILES string of the molecule is CC(CCO)OC(=O)NCCCNC(=O)/C=C/c1ccc2c(c1)OCO2. The van der Waals surface area contributed by atoms with E-state index < -0.39 is 6.09 Å². The van der Waals surface area contributed by atoms with Gasteiger partial charge in [-0.25, -0.2) is 4.79 Å². The Balaban J connectivity index is 1.59. The molecule has 1 aromatic carbocycles. The number of rotatable bonds is 9. The summed E-state index contributed by atoms with van der Waals surface area (Å²) in [6.45, 7) is 2.71. The highest BCUT2D eigenvalue weighted by atomic mass is 16.7. The van der Waals surface area contributed by atoms with Crippen molar-refractivity contribution in [1.82, 2.24) is 10.6 Å². The second kappa shape index (κ2) is 10.3. The number of aliphatic hydroxyl groups excluding tert-OH is 1. The Morgan fingerprint density at radius 2 is 2.04 bits per heavy atom. The second-order valence-corrected chi connectivity index (χ2v) is 5.75. The van der Waals surface area contributed by atoms with Crippen molar-refractivity contribution in [1.29, 1.82) is 0 Å². The molecule has 2 amide bonds. The summed E-state index contributed by atoms with van der Waals surface area (Å²) in [7, 11) is 0. The fourth-order valence-electron chi connectivity index (χ4n) is 2.20. The van der Waals surface area contributed by atoms with Crippen LogP contribution in [0.2, 0.25) is 0 Å². The van der Waals surface area contributed by atoms with Crippen molar-refractivity contribution in [2.45, 2.75) is 25.9 Å². The lowest BCUT2D eigenvalue weighted by Crippen LogP contribution is -2.31. The molecule has 0 bridgehead atoms. The molecule has 0 aliphatic carbocycles. The summed E-state index contributed by atoms with van der Waals surface area (Å²) < 4.78 is 15.5. The van der Waals surface area contributed by atoms with Gasteiger partial charge in [0.1, 0.15) is 6.10 Å². The third-order valence-electron chi connectivity index (χ3n) is 3.59. The monoisotopic (exact) mass is 364 g/mol. The van der Waals surface area contributed by atoms with E-state index in [0.717, 1.165) is 5.56 Å². The Bertz CT molecular complexity index is 647. The van der Waals surface area contributed by atoms with Gasteiger partial charge in [0, 0.05) is 32.2 Å². The summed E-state index contributed by atoms with van der Waals surface area (Å²) in [6.07, 6.45) is 3.25. The molecule has 1 atom stereocenters. The summed E-state index contributed by atoms with van der Waals surface area (Å²) in [4.78, 5) is 23.2. The van der Waals surface area contributed by atoms with Crippen molar-refractivity contribution in [3.05, 3.63) is 29.8 Å². The lowest BCUT2D eigenvalue weighted by molar-refractivity contribution is -0.116. The molecular formula is C18H24N2O6. The number of carbonyl (C=O) groups is 2. The molecule has 0 radical (unpaired) electrons. The van der Waals surface area contributed by atoms with E-state index in [0.29, 0.717) is 37.4 Å². The fourth-order valence-corrected chi connectivity index (χ4v) is 2.20. The minimum Gasteiger partial charge on any atom is -0.454 e. The van der Waals surface area contributed by atoms with Crippen LogP contribution in [0.1, 0.15) is 25.3 Å². The predicted octanol–water partition coefficient (Wildman–Crippen LogP) is 1.43. The number of hydrogen-bond donors (Lipinski definition) is 3. The number of ether oxygens (including phenoxy) is 3. The number of nitrogens with one attached hydrogen (secondary N) is 2. The van der Waals surface area contributed by atoms with Gasteiger partial charge in [0.15, 0.2) is 11.5 Å². The topological polar surface area (TPSA) is 106 Å². The lowest BCUT2D eigenvalue weighted by Gasteiger charge is -2.12. The summed E-state index contributed by atoms with van der Waals surface area (Å²) in [5.41, 5.74) is 0.839. The maximum absolute atomic E-state index is 11.8. The van der Waals surface area contributed by atoms with E-state index in [9.17, 15) is 9.59 Å². The number of aliphatic hydroxyl groups is 1. The molecule has 26 heavy (non-hydrogen) atoms. The quantitative estimate of drug-likeness (QED) is 0.452. The van der Waals surface area contributed by atoms with Crippen LogP contribution in [-0.2, 0) is 9.53 Å². The van der Waals surface area contributed by atoms with E-state index >= 15 is 0 Å². The average Bonchev–Trinajstić information content (AvgIpc) is 3.07. The van der Waals surface area contributed by atoms with Gasteiger partial charge in [-0.1, -0.05) is 6.07 Å². The van der Waals surface area contributed by atoms with Crippen LogP contribution in [0.15, 0.2) is 24.3 Å². The van der Waals surface area contributed by atoms with Crippen LogP contribution in [0.3, 0.4) is 0 Å². The van der Waals surface area contributed by atoms with Crippen molar-refractivity contribution in [2.24, 2.45) is 0 Å². The number of alkyl carbamates (subject to hydrolysis) is 1. The molecule has 142 valence electrons. The first-order valence-electron chi connectivity index (χ1n) is 8.49. The normalized spacial score (nSPS) is 13.5. The zero-order valence-corrected chi connectivity index (χ0v) is 14.7. The number of hydrogen-bond acceptors (Lipinski definition) is 6. The molecule has 1 aliphatic heterocycles. The summed E-state index contributed by atoms with van der Waals surface area (Å²) in [6, 6.07) is 5.44. The zero-order valence-electron chi connectivity index (χ0n) is 14.7. The van der Waals surface area contributed by atoms with Crippen molar-refractivity contribution in [2.75, 3.05) is 26.5 Å². The summed E-state index contributed by atoms with van der Waals surface area (Å²) >= 11 is 0. The van der Waals surface area contributed by atoms with Crippen molar-refractivity contribution in [3.8, 4) is 11.5 Å². The molecular weight excluding hydrogens is 340 g/mol. The van der Waals surface area contributed by atoms with Gasteiger partial charge >= 0.3 is 6.09 Å². The van der Waals surface area contributed by atoms with Gasteiger partial charge in [-0.2, -0.15) is 0 Å². The van der Waals surface area contributed by atoms with E-state index in [4.69, 9.17) is 19.3 Å². The number of benzene rings is 1. The Hall–Kier alpha value is -2.74. The van der Waals surface area contributed by atoms with Crippen molar-refractivity contribution in [3.63, 3.8) is 0 Å². The Kier molecular flexibility index (Phi) is 7.75. The smallest absolute Gasteiger partial charge is 0.407 e. The van der Waals surface area contributed by atoms with Gasteiger partial charge in [0.25, 0.3) is 0 Å². The predicted molar refractivity (Wildman–Crippen MR) is 94.9 cm³/mol. The molecule has 3 N–H and O–H groups in total. The van der Waals surface area contributed by atoms with Crippen molar-refractivity contribution < 1.29 is 28.9 Å². The van der Waals surface area contributed by atoms with Gasteiger partial charge in [0.05, 0.1) is 0 Å². The Morgan fingerprint density at radius 3 is 2.85 bits per heavy atom. The standard InChI is InChI=1S/C18H24N2O6/c1-13(7-10-21)26-18(23)20-9-2-8-19-17(22)6-4-14-3-5-15-16(11-14)25-12-24-15/h3-6,11,13,21H,2,7-10,12H2,1H3,(H,19,22)(H,20,23)/b6-4+. The molecule has 8 nitrogen and oxygen atoms in total. The van der Waals surface area contributed by atoms with Crippen LogP contribution in [0.4, 0.5) is 4.79 Å². The van der Waals surface area contributed by atoms with Crippen LogP contribution < -0.4 is 20.1 Å². The number of amides is 2. The van der Waals surface area contributed by atoms with Gasteiger partial charge in [0.2, 0.25) is 12.7 Å². The van der Waals surface area contributed by atoms with Crippen LogP contribution in [0, 0.1) is 0 Å². The second-order valence-electron chi connectivity index (χ2n) is 5.75. The minimum absolute atomic E-state index is 0.0275. The zero-order chi connectivity index (χ0) is 18.8. The van der Waals surface area contributed by atoms with Gasteiger partial charge in [-0.3, -0.25) is 4.79 Å². The van der Waals surface area contributed by atoms with E-state index in [-0.39, 0.29) is 25.4 Å². The van der Waals surface area contributed by atoms with Crippen molar-refractivity contribution >= 4 is 18.1 Å². The number of fused-ring (bicyclic) bond motifs is 1. The molecule has 0 fully saturated rings. The summed E-state index contributed by atoms with van der Waals surface area (Å²) in [5, 5.41) is 14.1. The van der Waals surface area contributed by atoms with E-state index in [1.807, 2.05) is 6.07 Å². The first-order valence-corrected chi connectivity index (χ1v) is 8.49. The molecule has 1 heterocycles. The molecule has 0 saturated heterocycles. The molecule has 0 saturated carbocycles. The highest BCUT2D eigenvalue weighted by Crippen LogP contribution is 2.32. The molecule has 0 spiro atoms. The van der Waals surface area contributed by atoms with Gasteiger partial charge in [-0.15, -0.1) is 0 Å². The first kappa shape index (κ1) is 19.6. The third kappa shape index (κ3) is 6.64. The number of carbonyl (C=O) groups excluding carboxylic acids is 2. The maximum atomic E-state index is 11.8. The molecule has 8 heteroatoms. The van der Waals surface area contributed by atoms with Gasteiger partial charge in [-0.05, 0) is 37.1 Å².